The Hall–Kier alpha value is -1.94. The summed E-state index contributed by atoms with van der Waals surface area (Å²) in [4.78, 5) is 50.3. The highest BCUT2D eigenvalue weighted by Crippen LogP contribution is 2.43. The number of carbonyl (C=O) groups is 4. The van der Waals surface area contributed by atoms with Crippen molar-refractivity contribution in [1.82, 2.24) is 4.90 Å². The van der Waals surface area contributed by atoms with Gasteiger partial charge in [0, 0.05) is 21.4 Å². The van der Waals surface area contributed by atoms with Crippen LogP contribution in [-0.4, -0.2) is 58.5 Å². The van der Waals surface area contributed by atoms with Gasteiger partial charge < -0.3 is 14.8 Å². The molecule has 4 atom stereocenters. The number of fused-ring (bicyclic) bond motifs is 1. The molecule has 1 saturated heterocycles. The molecule has 156 valence electrons. The summed E-state index contributed by atoms with van der Waals surface area (Å²) in [5.74, 6) is -2.35. The van der Waals surface area contributed by atoms with Gasteiger partial charge in [0.2, 0.25) is 11.8 Å². The Labute approximate surface area is 184 Å². The summed E-state index contributed by atoms with van der Waals surface area (Å²) < 4.78 is 10.0. The van der Waals surface area contributed by atoms with Gasteiger partial charge in [0.1, 0.15) is 12.3 Å². The molecule has 0 spiro atoms. The van der Waals surface area contributed by atoms with E-state index >= 15 is 0 Å². The van der Waals surface area contributed by atoms with Crippen LogP contribution in [0.1, 0.15) is 12.8 Å². The van der Waals surface area contributed by atoms with Crippen LogP contribution in [-0.2, 0) is 23.9 Å². The zero-order valence-corrected chi connectivity index (χ0v) is 18.8. The number of nitrogens with one attached hydrogen (secondary N) is 1. The Balaban J connectivity index is 1.51. The molecule has 0 unspecified atom stereocenters. The fourth-order valence-electron chi connectivity index (χ4n) is 3.54. The van der Waals surface area contributed by atoms with E-state index in [0.717, 1.165) is 4.90 Å². The van der Waals surface area contributed by atoms with E-state index in [1.165, 1.54) is 7.11 Å². The molecule has 1 saturated carbocycles. The van der Waals surface area contributed by atoms with Crippen LogP contribution in [0.2, 0.25) is 0 Å². The van der Waals surface area contributed by atoms with Gasteiger partial charge in [-0.25, -0.2) is 0 Å². The number of imide groups is 1. The highest BCUT2D eigenvalue weighted by molar-refractivity contribution is 9.12. The zero-order valence-electron chi connectivity index (χ0n) is 15.6. The number of carbonyl (C=O) groups excluding carboxylic acids is 4. The molecule has 29 heavy (non-hydrogen) atoms. The van der Waals surface area contributed by atoms with E-state index in [1.807, 2.05) is 0 Å². The SMILES string of the molecule is COc1cccc(NC(=O)COC(=O)CN2C(=O)[C@H]3C[C@@H](Br)[C@@H](Br)C[C@H]3C2=O)c1. The number of nitrogens with zero attached hydrogens (tertiary/aromatic N) is 1. The van der Waals surface area contributed by atoms with Gasteiger partial charge in [0.25, 0.3) is 5.91 Å². The lowest BCUT2D eigenvalue weighted by atomic mass is 9.81. The van der Waals surface area contributed by atoms with Crippen molar-refractivity contribution in [2.45, 2.75) is 22.5 Å². The van der Waals surface area contributed by atoms with Gasteiger partial charge in [-0.15, -0.1) is 0 Å². The number of rotatable bonds is 6. The van der Waals surface area contributed by atoms with E-state index in [-0.39, 0.29) is 21.5 Å². The Morgan fingerprint density at radius 2 is 1.76 bits per heavy atom. The molecule has 1 N–H and O–H groups in total. The van der Waals surface area contributed by atoms with Crippen molar-refractivity contribution >= 4 is 61.2 Å². The standard InChI is InChI=1S/C19H20Br2N2O6/c1-28-11-4-2-3-10(5-11)22-16(24)9-29-17(25)8-23-18(26)12-6-14(20)15(21)7-13(12)19(23)27/h2-5,12-15H,6-9H2,1H3,(H,22,24)/t12-,13+,14+,15-. The monoisotopic (exact) mass is 530 g/mol. The first-order valence-corrected chi connectivity index (χ1v) is 10.9. The number of alkyl halides is 2. The van der Waals surface area contributed by atoms with Gasteiger partial charge in [-0.1, -0.05) is 37.9 Å². The summed E-state index contributed by atoms with van der Waals surface area (Å²) in [5, 5.41) is 2.58. The quantitative estimate of drug-likeness (QED) is 0.342. The summed E-state index contributed by atoms with van der Waals surface area (Å²) in [5.41, 5.74) is 0.494. The molecular weight excluding hydrogens is 512 g/mol. The van der Waals surface area contributed by atoms with Crippen LogP contribution in [0.3, 0.4) is 0 Å². The van der Waals surface area contributed by atoms with Gasteiger partial charge >= 0.3 is 5.97 Å². The lowest BCUT2D eigenvalue weighted by Gasteiger charge is -2.29. The van der Waals surface area contributed by atoms with Crippen LogP contribution < -0.4 is 10.1 Å². The Kier molecular flexibility index (Phi) is 6.94. The van der Waals surface area contributed by atoms with Gasteiger partial charge in [-0.3, -0.25) is 24.1 Å². The average Bonchev–Trinajstić information content (AvgIpc) is 2.91. The Morgan fingerprint density at radius 1 is 1.14 bits per heavy atom. The van der Waals surface area contributed by atoms with Gasteiger partial charge in [-0.05, 0) is 25.0 Å². The molecule has 8 nitrogen and oxygen atoms in total. The Bertz CT molecular complexity index is 805. The zero-order chi connectivity index (χ0) is 21.1. The molecular formula is C19H20Br2N2O6. The maximum Gasteiger partial charge on any atom is 0.326 e. The summed E-state index contributed by atoms with van der Waals surface area (Å²) in [7, 11) is 1.51. The van der Waals surface area contributed by atoms with E-state index in [1.54, 1.807) is 24.3 Å². The second-order valence-corrected chi connectivity index (χ2v) is 9.27. The van der Waals surface area contributed by atoms with Crippen LogP contribution in [0.25, 0.3) is 0 Å². The molecule has 1 aliphatic carbocycles. The van der Waals surface area contributed by atoms with Crippen molar-refractivity contribution < 1.29 is 28.7 Å². The molecule has 1 aromatic rings. The van der Waals surface area contributed by atoms with Crippen LogP contribution in [0.4, 0.5) is 5.69 Å². The van der Waals surface area contributed by atoms with E-state index in [4.69, 9.17) is 9.47 Å². The molecule has 2 fully saturated rings. The number of esters is 1. The minimum atomic E-state index is -0.808. The number of methoxy groups -OCH3 is 1. The van der Waals surface area contributed by atoms with Crippen LogP contribution in [0, 0.1) is 11.8 Å². The van der Waals surface area contributed by atoms with E-state index in [0.29, 0.717) is 24.3 Å². The molecule has 1 aromatic carbocycles. The first kappa shape index (κ1) is 21.8. The Morgan fingerprint density at radius 3 is 2.34 bits per heavy atom. The summed E-state index contributed by atoms with van der Waals surface area (Å²) in [6.07, 6.45) is 1.05. The first-order valence-electron chi connectivity index (χ1n) is 9.03. The largest absolute Gasteiger partial charge is 0.497 e. The molecule has 3 rings (SSSR count). The topological polar surface area (TPSA) is 102 Å². The second-order valence-electron chi connectivity index (χ2n) is 6.92. The number of likely N-dealkylation sites (tertiary alicyclic amines) is 1. The average molecular weight is 532 g/mol. The van der Waals surface area contributed by atoms with Gasteiger partial charge in [0.15, 0.2) is 6.61 Å². The number of hydrogen-bond acceptors (Lipinski definition) is 6. The molecule has 0 bridgehead atoms. The molecule has 3 amide bonds. The minimum absolute atomic E-state index is 0.0905. The molecule has 0 aromatic heterocycles. The second kappa shape index (κ2) is 9.25. The maximum absolute atomic E-state index is 12.5. The first-order chi connectivity index (χ1) is 13.8. The number of halogens is 2. The molecule has 0 radical (unpaired) electrons. The number of amides is 3. The van der Waals surface area contributed by atoms with Gasteiger partial charge in [0.05, 0.1) is 18.9 Å². The fourth-order valence-corrected chi connectivity index (χ4v) is 4.78. The molecule has 1 aliphatic heterocycles. The molecule has 1 heterocycles. The fraction of sp³-hybridized carbons (Fsp3) is 0.474. The lowest BCUT2D eigenvalue weighted by molar-refractivity contribution is -0.154. The summed E-state index contributed by atoms with van der Waals surface area (Å²) in [6.45, 7) is -1.01. The van der Waals surface area contributed by atoms with Crippen molar-refractivity contribution in [3.63, 3.8) is 0 Å². The number of ether oxygens (including phenoxy) is 2. The highest BCUT2D eigenvalue weighted by Gasteiger charge is 2.52. The minimum Gasteiger partial charge on any atom is -0.497 e. The third-order valence-electron chi connectivity index (χ3n) is 5.01. The number of benzene rings is 1. The predicted octanol–water partition coefficient (Wildman–Crippen LogP) is 2.10. The predicted molar refractivity (Wildman–Crippen MR) is 111 cm³/mol. The normalized spacial score (nSPS) is 26.1. The third kappa shape index (κ3) is 4.98. The summed E-state index contributed by atoms with van der Waals surface area (Å²) in [6, 6.07) is 6.73. The van der Waals surface area contributed by atoms with Crippen molar-refractivity contribution in [1.29, 1.82) is 0 Å². The summed E-state index contributed by atoms with van der Waals surface area (Å²) >= 11 is 7.02. The lowest BCUT2D eigenvalue weighted by Crippen LogP contribution is -2.37. The van der Waals surface area contributed by atoms with Crippen LogP contribution >= 0.6 is 31.9 Å². The number of hydrogen-bond donors (Lipinski definition) is 1. The van der Waals surface area contributed by atoms with E-state index in [9.17, 15) is 19.2 Å². The van der Waals surface area contributed by atoms with Crippen molar-refractivity contribution in [2.75, 3.05) is 25.6 Å². The molecule has 2 aliphatic rings. The van der Waals surface area contributed by atoms with Gasteiger partial charge in [-0.2, -0.15) is 0 Å². The van der Waals surface area contributed by atoms with E-state index in [2.05, 4.69) is 37.2 Å². The van der Waals surface area contributed by atoms with Crippen molar-refractivity contribution in [3.8, 4) is 5.75 Å². The van der Waals surface area contributed by atoms with Crippen LogP contribution in [0.15, 0.2) is 24.3 Å². The third-order valence-corrected chi connectivity index (χ3v) is 7.74. The van der Waals surface area contributed by atoms with Crippen molar-refractivity contribution in [3.05, 3.63) is 24.3 Å². The van der Waals surface area contributed by atoms with Crippen molar-refractivity contribution in [2.24, 2.45) is 11.8 Å². The van der Waals surface area contributed by atoms with Crippen LogP contribution in [0.5, 0.6) is 5.75 Å². The van der Waals surface area contributed by atoms with E-state index < -0.39 is 36.9 Å². The highest BCUT2D eigenvalue weighted by atomic mass is 79.9. The smallest absolute Gasteiger partial charge is 0.326 e. The number of anilines is 1. The maximum atomic E-state index is 12.5. The molecule has 10 heteroatoms.